The Hall–Kier alpha value is -1.51. The summed E-state index contributed by atoms with van der Waals surface area (Å²) in [7, 11) is -4.23. The minimum absolute atomic E-state index is 0.0459. The Kier molecular flexibility index (Phi) is 6.09. The number of nitrogens with one attached hydrogen (secondary N) is 1. The quantitative estimate of drug-likeness (QED) is 0.606. The molecular weight excluding hydrogens is 347 g/mol. The largest absolute Gasteiger partial charge is 0.246 e. The third kappa shape index (κ3) is 4.98. The van der Waals surface area contributed by atoms with Gasteiger partial charge in [-0.2, -0.15) is 0 Å². The van der Waals surface area contributed by atoms with Crippen LogP contribution in [0.1, 0.15) is 6.42 Å². The van der Waals surface area contributed by atoms with Crippen molar-refractivity contribution >= 4 is 21.8 Å². The van der Waals surface area contributed by atoms with Crippen LogP contribution in [0.2, 0.25) is 0 Å². The SMILES string of the molecule is O=S(=O)(NCCCSc1ccc(F)cc1)c1c(F)cccc1F. The van der Waals surface area contributed by atoms with E-state index in [0.717, 1.165) is 23.1 Å². The van der Waals surface area contributed by atoms with Gasteiger partial charge in [0.1, 0.15) is 17.5 Å². The molecule has 0 saturated heterocycles. The van der Waals surface area contributed by atoms with Gasteiger partial charge in [-0.05, 0) is 48.6 Å². The molecule has 0 aliphatic carbocycles. The molecule has 2 aromatic rings. The van der Waals surface area contributed by atoms with Crippen molar-refractivity contribution in [1.82, 2.24) is 4.72 Å². The van der Waals surface area contributed by atoms with Crippen LogP contribution in [-0.2, 0) is 10.0 Å². The van der Waals surface area contributed by atoms with E-state index in [0.29, 0.717) is 12.2 Å². The lowest BCUT2D eigenvalue weighted by Gasteiger charge is -2.08. The van der Waals surface area contributed by atoms with Crippen molar-refractivity contribution in [3.8, 4) is 0 Å². The minimum Gasteiger partial charge on any atom is -0.211 e. The second kappa shape index (κ2) is 7.85. The van der Waals surface area contributed by atoms with E-state index in [1.807, 2.05) is 0 Å². The fourth-order valence-electron chi connectivity index (χ4n) is 1.81. The van der Waals surface area contributed by atoms with Gasteiger partial charge < -0.3 is 0 Å². The number of benzene rings is 2. The van der Waals surface area contributed by atoms with Gasteiger partial charge in [-0.25, -0.2) is 26.3 Å². The highest BCUT2D eigenvalue weighted by Crippen LogP contribution is 2.20. The van der Waals surface area contributed by atoms with Crippen molar-refractivity contribution in [3.63, 3.8) is 0 Å². The first-order chi connectivity index (χ1) is 10.9. The molecule has 0 aromatic heterocycles. The van der Waals surface area contributed by atoms with Crippen LogP contribution in [0.4, 0.5) is 13.2 Å². The van der Waals surface area contributed by atoms with Crippen molar-refractivity contribution in [3.05, 3.63) is 59.9 Å². The molecule has 0 aliphatic heterocycles. The molecule has 0 aliphatic rings. The molecule has 2 aromatic carbocycles. The zero-order valence-corrected chi connectivity index (χ0v) is 13.6. The molecule has 3 nitrogen and oxygen atoms in total. The molecular formula is C15H14F3NO2S2. The van der Waals surface area contributed by atoms with Crippen LogP contribution in [0.25, 0.3) is 0 Å². The summed E-state index contributed by atoms with van der Waals surface area (Å²) >= 11 is 1.43. The molecule has 124 valence electrons. The number of sulfonamides is 1. The Morgan fingerprint density at radius 1 is 0.957 bits per heavy atom. The normalized spacial score (nSPS) is 11.6. The van der Waals surface area contributed by atoms with Gasteiger partial charge in [0.05, 0.1) is 0 Å². The maximum absolute atomic E-state index is 13.5. The van der Waals surface area contributed by atoms with E-state index in [1.165, 1.54) is 23.9 Å². The Bertz CT molecular complexity index is 745. The predicted octanol–water partition coefficient (Wildman–Crippen LogP) is 3.56. The number of hydrogen-bond donors (Lipinski definition) is 1. The van der Waals surface area contributed by atoms with Gasteiger partial charge in [0.15, 0.2) is 4.90 Å². The third-order valence-corrected chi connectivity index (χ3v) is 5.49. The van der Waals surface area contributed by atoms with Gasteiger partial charge >= 0.3 is 0 Å². The van der Waals surface area contributed by atoms with Gasteiger partial charge in [0.25, 0.3) is 0 Å². The molecule has 8 heteroatoms. The van der Waals surface area contributed by atoms with Crippen LogP contribution in [0, 0.1) is 17.5 Å². The lowest BCUT2D eigenvalue weighted by atomic mass is 10.3. The fraction of sp³-hybridized carbons (Fsp3) is 0.200. The van der Waals surface area contributed by atoms with Crippen LogP contribution in [0.15, 0.2) is 52.3 Å². The summed E-state index contributed by atoms with van der Waals surface area (Å²) < 4.78 is 65.7. The summed E-state index contributed by atoms with van der Waals surface area (Å²) in [5.74, 6) is -2.00. The van der Waals surface area contributed by atoms with Crippen LogP contribution < -0.4 is 4.72 Å². The van der Waals surface area contributed by atoms with E-state index in [4.69, 9.17) is 0 Å². The first-order valence-corrected chi connectivity index (χ1v) is 9.19. The van der Waals surface area contributed by atoms with Crippen LogP contribution in [0.5, 0.6) is 0 Å². The summed E-state index contributed by atoms with van der Waals surface area (Å²) in [5.41, 5.74) is 0. The van der Waals surface area contributed by atoms with Crippen molar-refractivity contribution in [2.24, 2.45) is 0 Å². The zero-order chi connectivity index (χ0) is 16.9. The summed E-state index contributed by atoms with van der Waals surface area (Å²) in [4.78, 5) is -0.111. The van der Waals surface area contributed by atoms with E-state index < -0.39 is 26.6 Å². The Morgan fingerprint density at radius 3 is 2.17 bits per heavy atom. The smallest absolute Gasteiger partial charge is 0.211 e. The van der Waals surface area contributed by atoms with Gasteiger partial charge in [0.2, 0.25) is 10.0 Å². The van der Waals surface area contributed by atoms with Gasteiger partial charge in [-0.3, -0.25) is 0 Å². The molecule has 0 bridgehead atoms. The molecule has 23 heavy (non-hydrogen) atoms. The summed E-state index contributed by atoms with van der Waals surface area (Å²) in [5, 5.41) is 0. The molecule has 0 radical (unpaired) electrons. The average Bonchev–Trinajstić information content (AvgIpc) is 2.48. The summed E-state index contributed by atoms with van der Waals surface area (Å²) in [6, 6.07) is 8.81. The Morgan fingerprint density at radius 2 is 1.57 bits per heavy atom. The van der Waals surface area contributed by atoms with Crippen molar-refractivity contribution < 1.29 is 21.6 Å². The first-order valence-electron chi connectivity index (χ1n) is 6.72. The number of rotatable bonds is 7. The van der Waals surface area contributed by atoms with Crippen molar-refractivity contribution in [2.75, 3.05) is 12.3 Å². The molecule has 0 spiro atoms. The van der Waals surface area contributed by atoms with E-state index in [2.05, 4.69) is 4.72 Å². The molecule has 0 saturated carbocycles. The Balaban J connectivity index is 1.84. The maximum Gasteiger partial charge on any atom is 0.246 e. The highest BCUT2D eigenvalue weighted by atomic mass is 32.2. The summed E-state index contributed by atoms with van der Waals surface area (Å²) in [6.45, 7) is 0.0459. The standard InChI is InChI=1S/C15H14F3NO2S2/c16-11-5-7-12(8-6-11)22-10-2-9-19-23(20,21)15-13(17)3-1-4-14(15)18/h1,3-8,19H,2,9-10H2. The topological polar surface area (TPSA) is 46.2 Å². The monoisotopic (exact) mass is 361 g/mol. The van der Waals surface area contributed by atoms with Gasteiger partial charge in [-0.1, -0.05) is 6.07 Å². The Labute approximate surface area is 137 Å². The highest BCUT2D eigenvalue weighted by Gasteiger charge is 2.22. The maximum atomic E-state index is 13.5. The van der Waals surface area contributed by atoms with Gasteiger partial charge in [-0.15, -0.1) is 11.8 Å². The second-order valence-electron chi connectivity index (χ2n) is 4.60. The lowest BCUT2D eigenvalue weighted by Crippen LogP contribution is -2.27. The molecule has 0 unspecified atom stereocenters. The molecule has 0 atom stereocenters. The van der Waals surface area contributed by atoms with E-state index >= 15 is 0 Å². The van der Waals surface area contributed by atoms with Crippen molar-refractivity contribution in [2.45, 2.75) is 16.2 Å². The number of hydrogen-bond acceptors (Lipinski definition) is 3. The second-order valence-corrected chi connectivity index (χ2v) is 7.48. The number of halogens is 3. The molecule has 0 amide bonds. The van der Waals surface area contributed by atoms with E-state index in [-0.39, 0.29) is 12.4 Å². The minimum atomic E-state index is -4.23. The van der Waals surface area contributed by atoms with E-state index in [9.17, 15) is 21.6 Å². The third-order valence-electron chi connectivity index (χ3n) is 2.88. The zero-order valence-electron chi connectivity index (χ0n) is 11.9. The molecule has 1 N–H and O–H groups in total. The van der Waals surface area contributed by atoms with E-state index in [1.54, 1.807) is 12.1 Å². The van der Waals surface area contributed by atoms with Crippen LogP contribution in [0.3, 0.4) is 0 Å². The van der Waals surface area contributed by atoms with Crippen molar-refractivity contribution in [1.29, 1.82) is 0 Å². The number of thioether (sulfide) groups is 1. The average molecular weight is 361 g/mol. The van der Waals surface area contributed by atoms with Crippen LogP contribution >= 0.6 is 11.8 Å². The van der Waals surface area contributed by atoms with Crippen LogP contribution in [-0.4, -0.2) is 20.7 Å². The molecule has 0 fully saturated rings. The first kappa shape index (κ1) is 17.8. The molecule has 0 heterocycles. The van der Waals surface area contributed by atoms with Gasteiger partial charge in [0, 0.05) is 11.4 Å². The highest BCUT2D eigenvalue weighted by molar-refractivity contribution is 7.99. The lowest BCUT2D eigenvalue weighted by molar-refractivity contribution is 0.514. The predicted molar refractivity (Wildman–Crippen MR) is 83.3 cm³/mol. The fourth-order valence-corrected chi connectivity index (χ4v) is 3.87. The summed E-state index contributed by atoms with van der Waals surface area (Å²) in [6.07, 6.45) is 0.456. The molecule has 2 rings (SSSR count).